The Balaban J connectivity index is 1.52. The molecule has 0 aromatic carbocycles. The predicted octanol–water partition coefficient (Wildman–Crippen LogP) is 4.45. The largest absolute Gasteiger partial charge is 0.502 e. The van der Waals surface area contributed by atoms with E-state index >= 15 is 0 Å². The Hall–Kier alpha value is -0.163. The van der Waals surface area contributed by atoms with E-state index in [4.69, 9.17) is 13.3 Å². The molecule has 0 aromatic rings. The molecule has 0 spiro atoms. The van der Waals surface area contributed by atoms with Crippen LogP contribution in [0.1, 0.15) is 65.7 Å². The van der Waals surface area contributed by atoms with Gasteiger partial charge >= 0.3 is 8.80 Å². The lowest BCUT2D eigenvalue weighted by molar-refractivity contribution is 0.0405. The van der Waals surface area contributed by atoms with Crippen molar-refractivity contribution < 1.29 is 13.3 Å². The van der Waals surface area contributed by atoms with Gasteiger partial charge in [0.25, 0.3) is 0 Å². The molecule has 0 saturated carbocycles. The first kappa shape index (κ1) is 16.2. The van der Waals surface area contributed by atoms with Crippen molar-refractivity contribution in [3.63, 3.8) is 0 Å². The molecule has 0 amide bonds. The molecule has 2 saturated heterocycles. The number of fused-ring (bicyclic) bond motifs is 2. The van der Waals surface area contributed by atoms with Crippen molar-refractivity contribution in [1.29, 1.82) is 0 Å². The van der Waals surface area contributed by atoms with Crippen molar-refractivity contribution in [2.45, 2.75) is 90.1 Å². The van der Waals surface area contributed by atoms with Crippen molar-refractivity contribution in [3.05, 3.63) is 12.2 Å². The van der Waals surface area contributed by atoms with Gasteiger partial charge in [-0.2, -0.15) is 0 Å². The first-order valence-electron chi connectivity index (χ1n) is 8.31. The van der Waals surface area contributed by atoms with Crippen molar-refractivity contribution in [1.82, 2.24) is 0 Å². The summed E-state index contributed by atoms with van der Waals surface area (Å²) in [5, 5.41) is 0. The average molecular weight is 298 g/mol. The summed E-state index contributed by atoms with van der Waals surface area (Å²) in [6.07, 6.45) is 14.1. The fraction of sp³-hybridized carbons (Fsp3) is 0.875. The van der Waals surface area contributed by atoms with Crippen molar-refractivity contribution >= 4 is 8.80 Å². The van der Waals surface area contributed by atoms with Crippen LogP contribution in [0.2, 0.25) is 6.04 Å². The molecule has 0 radical (unpaired) electrons. The molecule has 20 heavy (non-hydrogen) atoms. The SMILES string of the molecule is CC=CCCCCCCCC[Si]12OC(C)C(O1)C(C)O2. The first-order chi connectivity index (χ1) is 9.67. The third kappa shape index (κ3) is 4.17. The Morgan fingerprint density at radius 3 is 2.05 bits per heavy atom. The Morgan fingerprint density at radius 2 is 1.45 bits per heavy atom. The zero-order valence-electron chi connectivity index (χ0n) is 13.3. The first-order valence-corrected chi connectivity index (χ1v) is 10.2. The van der Waals surface area contributed by atoms with Gasteiger partial charge in [0, 0.05) is 6.04 Å². The van der Waals surface area contributed by atoms with Crippen molar-refractivity contribution in [2.24, 2.45) is 0 Å². The van der Waals surface area contributed by atoms with Gasteiger partial charge in [0.1, 0.15) is 0 Å². The highest BCUT2D eigenvalue weighted by Crippen LogP contribution is 2.40. The van der Waals surface area contributed by atoms with E-state index in [0.29, 0.717) is 0 Å². The summed E-state index contributed by atoms with van der Waals surface area (Å²) < 4.78 is 18.0. The van der Waals surface area contributed by atoms with Crippen LogP contribution in [0, 0.1) is 0 Å². The Bertz CT molecular complexity index is 307. The van der Waals surface area contributed by atoms with Crippen LogP contribution >= 0.6 is 0 Å². The zero-order valence-corrected chi connectivity index (χ0v) is 14.3. The van der Waals surface area contributed by atoms with E-state index in [2.05, 4.69) is 32.9 Å². The molecule has 2 heterocycles. The number of rotatable bonds is 9. The second-order valence-corrected chi connectivity index (χ2v) is 8.71. The third-order valence-electron chi connectivity index (χ3n) is 4.31. The lowest BCUT2D eigenvalue weighted by Gasteiger charge is -2.26. The normalized spacial score (nSPS) is 36.2. The molecule has 0 N–H and O–H groups in total. The minimum atomic E-state index is -2.25. The third-order valence-corrected chi connectivity index (χ3v) is 7.37. The summed E-state index contributed by atoms with van der Waals surface area (Å²) in [5.74, 6) is 0. The molecule has 2 atom stereocenters. The quantitative estimate of drug-likeness (QED) is 0.357. The molecule has 2 aliphatic rings. The second kappa shape index (κ2) is 7.73. The lowest BCUT2D eigenvalue weighted by atomic mass is 10.1. The van der Waals surface area contributed by atoms with E-state index in [9.17, 15) is 0 Å². The highest BCUT2D eigenvalue weighted by atomic mass is 28.4. The van der Waals surface area contributed by atoms with Crippen LogP contribution in [-0.2, 0) is 13.3 Å². The molecule has 0 aliphatic carbocycles. The van der Waals surface area contributed by atoms with E-state index < -0.39 is 8.80 Å². The summed E-state index contributed by atoms with van der Waals surface area (Å²) >= 11 is 0. The van der Waals surface area contributed by atoms with Crippen molar-refractivity contribution in [3.8, 4) is 0 Å². The molecule has 4 heteroatoms. The topological polar surface area (TPSA) is 27.7 Å². The minimum Gasteiger partial charge on any atom is -0.368 e. The van der Waals surface area contributed by atoms with Gasteiger partial charge in [-0.05, 0) is 40.0 Å². The summed E-state index contributed by atoms with van der Waals surface area (Å²) in [6, 6.07) is 1.01. The molecule has 2 aliphatic heterocycles. The number of hydrogen-bond donors (Lipinski definition) is 0. The number of hydrogen-bond acceptors (Lipinski definition) is 3. The highest BCUT2D eigenvalue weighted by molar-refractivity contribution is 6.62. The summed E-state index contributed by atoms with van der Waals surface area (Å²) in [6.45, 7) is 6.32. The van der Waals surface area contributed by atoms with Gasteiger partial charge in [0.05, 0.1) is 18.3 Å². The molecule has 2 unspecified atom stereocenters. The van der Waals surface area contributed by atoms with Gasteiger partial charge in [0.15, 0.2) is 0 Å². The number of unbranched alkanes of at least 4 members (excludes halogenated alkanes) is 6. The van der Waals surface area contributed by atoms with Gasteiger partial charge in [-0.1, -0.05) is 37.8 Å². The molecule has 3 nitrogen and oxygen atoms in total. The van der Waals surface area contributed by atoms with Crippen LogP contribution in [0.3, 0.4) is 0 Å². The van der Waals surface area contributed by atoms with Crippen LogP contribution in [0.25, 0.3) is 0 Å². The van der Waals surface area contributed by atoms with E-state index in [0.717, 1.165) is 6.04 Å². The minimum absolute atomic E-state index is 0.188. The van der Waals surface area contributed by atoms with Gasteiger partial charge in [-0.15, -0.1) is 0 Å². The van der Waals surface area contributed by atoms with Crippen LogP contribution in [0.5, 0.6) is 0 Å². The van der Waals surface area contributed by atoms with Crippen LogP contribution in [-0.4, -0.2) is 27.1 Å². The fourth-order valence-electron chi connectivity index (χ4n) is 3.22. The molecular weight excluding hydrogens is 268 g/mol. The Morgan fingerprint density at radius 1 is 0.850 bits per heavy atom. The predicted molar refractivity (Wildman–Crippen MR) is 83.7 cm³/mol. The smallest absolute Gasteiger partial charge is 0.368 e. The molecule has 2 rings (SSSR count). The lowest BCUT2D eigenvalue weighted by Crippen LogP contribution is -2.43. The Kier molecular flexibility index (Phi) is 6.27. The zero-order chi connectivity index (χ0) is 14.4. The molecular formula is C16H30O3Si. The van der Waals surface area contributed by atoms with Gasteiger partial charge in [0.2, 0.25) is 0 Å². The summed E-state index contributed by atoms with van der Waals surface area (Å²) in [7, 11) is -2.25. The van der Waals surface area contributed by atoms with E-state index in [1.165, 1.54) is 44.9 Å². The average Bonchev–Trinajstić information content (AvgIpc) is 2.90. The van der Waals surface area contributed by atoms with Crippen molar-refractivity contribution in [2.75, 3.05) is 0 Å². The van der Waals surface area contributed by atoms with Crippen LogP contribution < -0.4 is 0 Å². The summed E-state index contributed by atoms with van der Waals surface area (Å²) in [4.78, 5) is 0. The maximum absolute atomic E-state index is 6.04. The molecule has 2 bridgehead atoms. The standard InChI is InChI=1S/C16H30O3Si/c1-4-5-6-7-8-9-10-11-12-13-20-17-14(2)16(19-20)15(3)18-20/h4-5,14-16H,6-13H2,1-3H3. The van der Waals surface area contributed by atoms with Gasteiger partial charge < -0.3 is 13.3 Å². The molecule has 2 fully saturated rings. The number of allylic oxidation sites excluding steroid dienone is 2. The monoisotopic (exact) mass is 298 g/mol. The highest BCUT2D eigenvalue weighted by Gasteiger charge is 2.60. The van der Waals surface area contributed by atoms with E-state index in [1.807, 2.05) is 0 Å². The van der Waals surface area contributed by atoms with Crippen LogP contribution in [0.15, 0.2) is 12.2 Å². The second-order valence-electron chi connectivity index (χ2n) is 6.14. The maximum atomic E-state index is 6.04. The Labute approximate surface area is 125 Å². The van der Waals surface area contributed by atoms with E-state index in [-0.39, 0.29) is 18.3 Å². The molecule has 116 valence electrons. The van der Waals surface area contributed by atoms with Gasteiger partial charge in [-0.3, -0.25) is 0 Å². The summed E-state index contributed by atoms with van der Waals surface area (Å²) in [5.41, 5.74) is 0. The maximum Gasteiger partial charge on any atom is 0.502 e. The van der Waals surface area contributed by atoms with Gasteiger partial charge in [-0.25, -0.2) is 0 Å². The van der Waals surface area contributed by atoms with Crippen LogP contribution in [0.4, 0.5) is 0 Å². The van der Waals surface area contributed by atoms with E-state index in [1.54, 1.807) is 0 Å². The molecule has 0 aromatic heterocycles. The fourth-order valence-corrected chi connectivity index (χ4v) is 6.62.